The van der Waals surface area contributed by atoms with Crippen molar-refractivity contribution in [2.75, 3.05) is 13.1 Å². The molecule has 5 heteroatoms. The highest BCUT2D eigenvalue weighted by molar-refractivity contribution is 7.89. The van der Waals surface area contributed by atoms with Gasteiger partial charge in [0.2, 0.25) is 10.0 Å². The lowest BCUT2D eigenvalue weighted by Gasteiger charge is -2.25. The molecule has 0 radical (unpaired) electrons. The third kappa shape index (κ3) is 3.93. The highest BCUT2D eigenvalue weighted by Gasteiger charge is 2.42. The fourth-order valence-electron chi connectivity index (χ4n) is 2.75. The van der Waals surface area contributed by atoms with Crippen molar-refractivity contribution >= 4 is 10.0 Å². The first-order valence-electron chi connectivity index (χ1n) is 7.89. The number of hydrogen-bond acceptors (Lipinski definition) is 3. The van der Waals surface area contributed by atoms with Crippen molar-refractivity contribution in [2.24, 2.45) is 5.92 Å². The number of sulfonamides is 1. The maximum Gasteiger partial charge on any atom is 0.243 e. The Balaban J connectivity index is 2.38. The van der Waals surface area contributed by atoms with E-state index in [9.17, 15) is 13.5 Å². The Labute approximate surface area is 139 Å². The molecule has 1 aromatic carbocycles. The molecule has 1 aliphatic heterocycles. The Morgan fingerprint density at radius 3 is 2.48 bits per heavy atom. The van der Waals surface area contributed by atoms with Crippen LogP contribution in [0.4, 0.5) is 0 Å². The molecule has 0 aromatic heterocycles. The Morgan fingerprint density at radius 2 is 1.96 bits per heavy atom. The summed E-state index contributed by atoms with van der Waals surface area (Å²) in [5, 5.41) is 10.4. The summed E-state index contributed by atoms with van der Waals surface area (Å²) in [6, 6.07) is 6.86. The first kappa shape index (κ1) is 18.0. The molecule has 0 saturated carbocycles. The lowest BCUT2D eigenvalue weighted by Crippen LogP contribution is -2.35. The number of rotatable bonds is 4. The summed E-state index contributed by atoms with van der Waals surface area (Å²) in [6.45, 7) is 7.91. The predicted molar refractivity (Wildman–Crippen MR) is 91.6 cm³/mol. The minimum Gasteiger partial charge on any atom is -0.390 e. The van der Waals surface area contributed by atoms with Crippen molar-refractivity contribution in [3.8, 4) is 0 Å². The highest BCUT2D eigenvalue weighted by atomic mass is 32.2. The lowest BCUT2D eigenvalue weighted by molar-refractivity contribution is 0.0367. The van der Waals surface area contributed by atoms with Crippen LogP contribution in [0.25, 0.3) is 0 Å². The van der Waals surface area contributed by atoms with E-state index >= 15 is 0 Å². The molecule has 1 fully saturated rings. The van der Waals surface area contributed by atoms with Gasteiger partial charge in [0.25, 0.3) is 0 Å². The second kappa shape index (κ2) is 6.62. The summed E-state index contributed by atoms with van der Waals surface area (Å²) in [4.78, 5) is 0.290. The summed E-state index contributed by atoms with van der Waals surface area (Å²) >= 11 is 0. The van der Waals surface area contributed by atoms with E-state index in [0.29, 0.717) is 4.90 Å². The zero-order valence-electron chi connectivity index (χ0n) is 14.2. The van der Waals surface area contributed by atoms with Gasteiger partial charge in [-0.25, -0.2) is 8.42 Å². The zero-order valence-corrected chi connectivity index (χ0v) is 15.0. The van der Waals surface area contributed by atoms with Gasteiger partial charge >= 0.3 is 0 Å². The maximum absolute atomic E-state index is 12.8. The summed E-state index contributed by atoms with van der Waals surface area (Å²) < 4.78 is 27.1. The first-order chi connectivity index (χ1) is 10.7. The van der Waals surface area contributed by atoms with Crippen LogP contribution in [0.5, 0.6) is 0 Å². The van der Waals surface area contributed by atoms with Crippen molar-refractivity contribution in [3.63, 3.8) is 0 Å². The maximum atomic E-state index is 12.8. The number of aliphatic hydroxyl groups is 1. The van der Waals surface area contributed by atoms with Crippen LogP contribution in [0.2, 0.25) is 0 Å². The molecule has 4 nitrogen and oxygen atoms in total. The fourth-order valence-corrected chi connectivity index (χ4v) is 4.18. The second-order valence-electron chi connectivity index (χ2n) is 6.60. The van der Waals surface area contributed by atoms with Crippen molar-refractivity contribution in [1.29, 1.82) is 0 Å². The summed E-state index contributed by atoms with van der Waals surface area (Å²) in [5.41, 5.74) is 4.05. The number of hydrogen-bond donors (Lipinski definition) is 1. The van der Waals surface area contributed by atoms with Gasteiger partial charge in [-0.1, -0.05) is 24.6 Å². The largest absolute Gasteiger partial charge is 0.390 e. The van der Waals surface area contributed by atoms with Gasteiger partial charge in [-0.15, -0.1) is 5.73 Å². The molecule has 1 heterocycles. The molecule has 1 aliphatic rings. The standard InChI is InChI=1S/C18H25NO3S/c1-5-6-7-15-12-19(13-17(15)18(3,4)20)23(21,22)16-10-8-14(2)9-11-16/h6,8-11,17,20H,5,12-13H2,1-4H3. The Morgan fingerprint density at radius 1 is 1.35 bits per heavy atom. The van der Waals surface area contributed by atoms with Crippen LogP contribution < -0.4 is 0 Å². The molecular weight excluding hydrogens is 310 g/mol. The van der Waals surface area contributed by atoms with Crippen LogP contribution in [-0.2, 0) is 10.0 Å². The SMILES string of the molecule is CCC=C=C1CN(S(=O)(=O)c2ccc(C)cc2)CC1C(C)(C)O. The molecular formula is C18H25NO3S. The van der Waals surface area contributed by atoms with Gasteiger partial charge in [0, 0.05) is 19.0 Å². The summed E-state index contributed by atoms with van der Waals surface area (Å²) in [7, 11) is -3.56. The van der Waals surface area contributed by atoms with E-state index in [1.54, 1.807) is 38.1 Å². The lowest BCUT2D eigenvalue weighted by atomic mass is 9.87. The van der Waals surface area contributed by atoms with E-state index in [1.807, 2.05) is 19.9 Å². The van der Waals surface area contributed by atoms with E-state index < -0.39 is 15.6 Å². The molecule has 0 bridgehead atoms. The minimum atomic E-state index is -3.56. The molecule has 1 N–H and O–H groups in total. The van der Waals surface area contributed by atoms with Crippen LogP contribution in [0.3, 0.4) is 0 Å². The van der Waals surface area contributed by atoms with Gasteiger partial charge in [-0.05, 0) is 51.0 Å². The Hall–Kier alpha value is -1.39. The molecule has 1 saturated heterocycles. The Kier molecular flexibility index (Phi) is 5.17. The third-order valence-electron chi connectivity index (χ3n) is 4.16. The number of nitrogens with zero attached hydrogens (tertiary/aromatic N) is 1. The smallest absolute Gasteiger partial charge is 0.243 e. The first-order valence-corrected chi connectivity index (χ1v) is 9.33. The van der Waals surface area contributed by atoms with Crippen molar-refractivity contribution < 1.29 is 13.5 Å². The van der Waals surface area contributed by atoms with Crippen LogP contribution in [0.15, 0.2) is 46.5 Å². The second-order valence-corrected chi connectivity index (χ2v) is 8.54. The molecule has 0 amide bonds. The zero-order chi connectivity index (χ0) is 17.3. The molecule has 1 aromatic rings. The highest BCUT2D eigenvalue weighted by Crippen LogP contribution is 2.34. The van der Waals surface area contributed by atoms with E-state index in [4.69, 9.17) is 0 Å². The van der Waals surface area contributed by atoms with E-state index in [-0.39, 0.29) is 19.0 Å². The average Bonchev–Trinajstić information content (AvgIpc) is 2.90. The van der Waals surface area contributed by atoms with Gasteiger partial charge in [0.1, 0.15) is 0 Å². The van der Waals surface area contributed by atoms with E-state index in [2.05, 4.69) is 5.73 Å². The van der Waals surface area contributed by atoms with Crippen molar-refractivity contribution in [2.45, 2.75) is 44.6 Å². The normalized spacial score (nSPS) is 19.7. The molecule has 126 valence electrons. The van der Waals surface area contributed by atoms with Crippen molar-refractivity contribution in [1.82, 2.24) is 4.31 Å². The van der Waals surface area contributed by atoms with Gasteiger partial charge in [0.05, 0.1) is 10.5 Å². The van der Waals surface area contributed by atoms with Crippen molar-refractivity contribution in [3.05, 3.63) is 47.2 Å². The van der Waals surface area contributed by atoms with Crippen LogP contribution in [-0.4, -0.2) is 36.5 Å². The summed E-state index contributed by atoms with van der Waals surface area (Å²) in [5.74, 6) is -0.245. The number of aryl methyl sites for hydroxylation is 1. The monoisotopic (exact) mass is 335 g/mol. The third-order valence-corrected chi connectivity index (χ3v) is 5.98. The Bertz CT molecular complexity index is 721. The van der Waals surface area contributed by atoms with E-state index in [1.165, 1.54) is 4.31 Å². The van der Waals surface area contributed by atoms with Crippen LogP contribution in [0, 0.1) is 12.8 Å². The minimum absolute atomic E-state index is 0.245. The summed E-state index contributed by atoms with van der Waals surface area (Å²) in [6.07, 6.45) is 2.71. The van der Waals surface area contributed by atoms with Gasteiger partial charge in [-0.2, -0.15) is 4.31 Å². The van der Waals surface area contributed by atoms with Gasteiger partial charge in [-0.3, -0.25) is 0 Å². The van der Waals surface area contributed by atoms with E-state index in [0.717, 1.165) is 17.6 Å². The van der Waals surface area contributed by atoms with Crippen LogP contribution >= 0.6 is 0 Å². The molecule has 0 aliphatic carbocycles. The fraction of sp³-hybridized carbons (Fsp3) is 0.500. The molecule has 1 unspecified atom stereocenters. The number of benzene rings is 1. The van der Waals surface area contributed by atoms with Crippen LogP contribution in [0.1, 0.15) is 32.8 Å². The predicted octanol–water partition coefficient (Wildman–Crippen LogP) is 2.88. The molecule has 23 heavy (non-hydrogen) atoms. The van der Waals surface area contributed by atoms with Gasteiger partial charge in [0.15, 0.2) is 0 Å². The van der Waals surface area contributed by atoms with Gasteiger partial charge < -0.3 is 5.11 Å². The average molecular weight is 335 g/mol. The molecule has 1 atom stereocenters. The molecule has 0 spiro atoms. The molecule has 2 rings (SSSR count). The topological polar surface area (TPSA) is 57.6 Å². The quantitative estimate of drug-likeness (QED) is 0.861.